The smallest absolute Gasteiger partial charge is 0.318 e. The van der Waals surface area contributed by atoms with Gasteiger partial charge in [-0.3, -0.25) is 9.59 Å². The van der Waals surface area contributed by atoms with Crippen molar-refractivity contribution in [3.05, 3.63) is 35.4 Å². The molecule has 4 unspecified atom stereocenters. The minimum Gasteiger partial charge on any atom is -0.393 e. The first-order valence-corrected chi connectivity index (χ1v) is 7.51. The summed E-state index contributed by atoms with van der Waals surface area (Å²) in [5.74, 6) is -0.285. The number of ether oxygens (including phenoxy) is 2. The van der Waals surface area contributed by atoms with Crippen molar-refractivity contribution >= 4 is 11.9 Å². The van der Waals surface area contributed by atoms with E-state index in [1.54, 1.807) is 0 Å². The molecule has 1 aromatic carbocycles. The number of rotatable bonds is 1. The SMILES string of the molecule is CC1(C2CC(=O)OC2=O)CC2COCC2c2ccccc21. The highest BCUT2D eigenvalue weighted by molar-refractivity contribution is 5.95. The van der Waals surface area contributed by atoms with Crippen LogP contribution < -0.4 is 0 Å². The molecule has 1 aromatic rings. The molecule has 0 radical (unpaired) electrons. The van der Waals surface area contributed by atoms with Crippen LogP contribution >= 0.6 is 0 Å². The first-order valence-electron chi connectivity index (χ1n) is 7.51. The van der Waals surface area contributed by atoms with Crippen molar-refractivity contribution in [1.82, 2.24) is 0 Å². The summed E-state index contributed by atoms with van der Waals surface area (Å²) in [5, 5.41) is 0. The van der Waals surface area contributed by atoms with Gasteiger partial charge in [0.25, 0.3) is 0 Å². The third-order valence-electron chi connectivity index (χ3n) is 5.50. The van der Waals surface area contributed by atoms with Gasteiger partial charge in [-0.25, -0.2) is 0 Å². The standard InChI is InChI=1S/C17H18O4/c1-17(14-6-15(18)21-16(14)19)7-10-8-20-9-12(10)11-4-2-3-5-13(11)17/h2-5,10,12,14H,6-9H2,1H3. The van der Waals surface area contributed by atoms with Gasteiger partial charge in [-0.1, -0.05) is 31.2 Å². The largest absolute Gasteiger partial charge is 0.393 e. The molecule has 0 saturated carbocycles. The summed E-state index contributed by atoms with van der Waals surface area (Å²) in [6.07, 6.45) is 1.07. The lowest BCUT2D eigenvalue weighted by molar-refractivity contribution is -0.153. The Morgan fingerprint density at radius 2 is 2.00 bits per heavy atom. The number of carbonyl (C=O) groups is 2. The minimum absolute atomic E-state index is 0.196. The molecule has 4 rings (SSSR count). The second-order valence-corrected chi connectivity index (χ2v) is 6.66. The van der Waals surface area contributed by atoms with Gasteiger partial charge in [-0.15, -0.1) is 0 Å². The molecule has 4 nitrogen and oxygen atoms in total. The summed E-state index contributed by atoms with van der Waals surface area (Å²) in [7, 11) is 0. The van der Waals surface area contributed by atoms with Gasteiger partial charge in [0.05, 0.1) is 25.6 Å². The van der Waals surface area contributed by atoms with Crippen LogP contribution in [0.15, 0.2) is 24.3 Å². The molecule has 0 bridgehead atoms. The second-order valence-electron chi connectivity index (χ2n) is 6.66. The van der Waals surface area contributed by atoms with Gasteiger partial charge in [0, 0.05) is 11.3 Å². The van der Waals surface area contributed by atoms with Crippen molar-refractivity contribution in [3.8, 4) is 0 Å². The summed E-state index contributed by atoms with van der Waals surface area (Å²) >= 11 is 0. The fourth-order valence-electron chi connectivity index (χ4n) is 4.43. The van der Waals surface area contributed by atoms with Gasteiger partial charge in [0.15, 0.2) is 0 Å². The average Bonchev–Trinajstić information content (AvgIpc) is 3.05. The summed E-state index contributed by atoms with van der Waals surface area (Å²) < 4.78 is 10.5. The Morgan fingerprint density at radius 1 is 1.19 bits per heavy atom. The van der Waals surface area contributed by atoms with Crippen molar-refractivity contribution in [2.24, 2.45) is 11.8 Å². The normalized spacial score (nSPS) is 38.0. The fourth-order valence-corrected chi connectivity index (χ4v) is 4.43. The van der Waals surface area contributed by atoms with Crippen LogP contribution in [-0.4, -0.2) is 25.2 Å². The molecule has 110 valence electrons. The van der Waals surface area contributed by atoms with E-state index in [1.807, 2.05) is 12.1 Å². The van der Waals surface area contributed by atoms with Crippen molar-refractivity contribution < 1.29 is 19.1 Å². The van der Waals surface area contributed by atoms with E-state index in [2.05, 4.69) is 19.1 Å². The third kappa shape index (κ3) is 1.78. The highest BCUT2D eigenvalue weighted by atomic mass is 16.6. The van der Waals surface area contributed by atoms with E-state index in [-0.39, 0.29) is 23.7 Å². The summed E-state index contributed by atoms with van der Waals surface area (Å²) in [4.78, 5) is 23.6. The topological polar surface area (TPSA) is 52.6 Å². The van der Waals surface area contributed by atoms with Crippen LogP contribution in [0.5, 0.6) is 0 Å². The van der Waals surface area contributed by atoms with Crippen LogP contribution in [0, 0.1) is 11.8 Å². The molecule has 4 heteroatoms. The molecular weight excluding hydrogens is 268 g/mol. The molecule has 0 aromatic heterocycles. The predicted octanol–water partition coefficient (Wildman–Crippen LogP) is 2.17. The number of esters is 2. The lowest BCUT2D eigenvalue weighted by Crippen LogP contribution is -2.42. The first-order chi connectivity index (χ1) is 10.1. The zero-order valence-electron chi connectivity index (χ0n) is 12.0. The van der Waals surface area contributed by atoms with Gasteiger partial charge in [-0.05, 0) is 23.5 Å². The Kier molecular flexibility index (Phi) is 2.73. The number of hydrogen-bond acceptors (Lipinski definition) is 4. The second kappa shape index (κ2) is 4.41. The maximum atomic E-state index is 12.1. The van der Waals surface area contributed by atoms with Crippen LogP contribution in [0.1, 0.15) is 36.8 Å². The molecule has 2 fully saturated rings. The third-order valence-corrected chi connectivity index (χ3v) is 5.50. The quantitative estimate of drug-likeness (QED) is 0.586. The van der Waals surface area contributed by atoms with Gasteiger partial charge in [0.2, 0.25) is 0 Å². The summed E-state index contributed by atoms with van der Waals surface area (Å²) in [6, 6.07) is 8.29. The molecule has 2 saturated heterocycles. The van der Waals surface area contributed by atoms with E-state index in [4.69, 9.17) is 9.47 Å². The summed E-state index contributed by atoms with van der Waals surface area (Å²) in [6.45, 7) is 3.60. The Balaban J connectivity index is 1.83. The average molecular weight is 286 g/mol. The van der Waals surface area contributed by atoms with E-state index >= 15 is 0 Å². The van der Waals surface area contributed by atoms with Gasteiger partial charge < -0.3 is 9.47 Å². The van der Waals surface area contributed by atoms with Crippen molar-refractivity contribution in [3.63, 3.8) is 0 Å². The highest BCUT2D eigenvalue weighted by Crippen LogP contribution is 2.53. The van der Waals surface area contributed by atoms with E-state index in [0.29, 0.717) is 11.8 Å². The Labute approximate surface area is 123 Å². The van der Waals surface area contributed by atoms with Gasteiger partial charge in [-0.2, -0.15) is 0 Å². The van der Waals surface area contributed by atoms with E-state index in [1.165, 1.54) is 11.1 Å². The first kappa shape index (κ1) is 13.0. The minimum atomic E-state index is -0.395. The zero-order valence-corrected chi connectivity index (χ0v) is 12.0. The molecule has 4 atom stereocenters. The molecule has 1 aliphatic carbocycles. The molecule has 0 spiro atoms. The Hall–Kier alpha value is -1.68. The number of hydrogen-bond donors (Lipinski definition) is 0. The van der Waals surface area contributed by atoms with E-state index in [0.717, 1.165) is 19.6 Å². The maximum Gasteiger partial charge on any atom is 0.318 e. The molecule has 2 aliphatic heterocycles. The van der Waals surface area contributed by atoms with E-state index in [9.17, 15) is 9.59 Å². The zero-order chi connectivity index (χ0) is 14.6. The van der Waals surface area contributed by atoms with Gasteiger partial charge >= 0.3 is 11.9 Å². The lowest BCUT2D eigenvalue weighted by atomic mass is 9.58. The highest BCUT2D eigenvalue weighted by Gasteiger charge is 2.53. The lowest BCUT2D eigenvalue weighted by Gasteiger charge is -2.43. The van der Waals surface area contributed by atoms with E-state index < -0.39 is 5.97 Å². The fraction of sp³-hybridized carbons (Fsp3) is 0.529. The monoisotopic (exact) mass is 286 g/mol. The Bertz CT molecular complexity index is 623. The molecular formula is C17H18O4. The summed E-state index contributed by atoms with van der Waals surface area (Å²) in [5.41, 5.74) is 2.13. The predicted molar refractivity (Wildman–Crippen MR) is 74.7 cm³/mol. The molecule has 0 N–H and O–H groups in total. The van der Waals surface area contributed by atoms with Crippen molar-refractivity contribution in [1.29, 1.82) is 0 Å². The van der Waals surface area contributed by atoms with Crippen LogP contribution in [0.3, 0.4) is 0 Å². The number of benzene rings is 1. The van der Waals surface area contributed by atoms with Gasteiger partial charge in [0.1, 0.15) is 0 Å². The maximum absolute atomic E-state index is 12.1. The van der Waals surface area contributed by atoms with Crippen LogP contribution in [-0.2, 0) is 24.5 Å². The van der Waals surface area contributed by atoms with Crippen molar-refractivity contribution in [2.45, 2.75) is 31.1 Å². The number of fused-ring (bicyclic) bond motifs is 3. The molecule has 0 amide bonds. The van der Waals surface area contributed by atoms with Crippen LogP contribution in [0.2, 0.25) is 0 Å². The van der Waals surface area contributed by atoms with Crippen molar-refractivity contribution in [2.75, 3.05) is 13.2 Å². The Morgan fingerprint density at radius 3 is 2.76 bits per heavy atom. The molecule has 2 heterocycles. The number of carbonyl (C=O) groups excluding carboxylic acids is 2. The van der Waals surface area contributed by atoms with Crippen LogP contribution in [0.25, 0.3) is 0 Å². The molecule has 3 aliphatic rings. The van der Waals surface area contributed by atoms with Crippen LogP contribution in [0.4, 0.5) is 0 Å². The molecule has 21 heavy (non-hydrogen) atoms. The number of cyclic esters (lactones) is 2.